The summed E-state index contributed by atoms with van der Waals surface area (Å²) in [6, 6.07) is 10.6. The maximum absolute atomic E-state index is 13.6. The number of aliphatic hydroxyl groups is 1. The van der Waals surface area contributed by atoms with Crippen LogP contribution in [-0.4, -0.2) is 9.80 Å². The number of nitrogens with zero attached hydrogens (tertiary/aromatic N) is 3. The Morgan fingerprint density at radius 1 is 1.06 bits per heavy atom. The lowest BCUT2D eigenvalue weighted by molar-refractivity contribution is -0.548. The van der Waals surface area contributed by atoms with Crippen molar-refractivity contribution in [3.05, 3.63) is 100 Å². The number of aliphatic hydroxyl groups excluding tert-OH is 1. The lowest BCUT2D eigenvalue weighted by atomic mass is 9.74. The summed E-state index contributed by atoms with van der Waals surface area (Å²) in [6.07, 6.45) is 1.89. The van der Waals surface area contributed by atoms with Gasteiger partial charge < -0.3 is 5.11 Å². The number of alkyl halides is 3. The summed E-state index contributed by atoms with van der Waals surface area (Å²) in [5.41, 5.74) is 1.12. The Kier molecular flexibility index (Phi) is 4.93. The van der Waals surface area contributed by atoms with Gasteiger partial charge >= 0.3 is 6.18 Å². The van der Waals surface area contributed by atoms with Crippen molar-refractivity contribution in [1.29, 1.82) is 5.26 Å². The average Bonchev–Trinajstić information content (AvgIpc) is 3.18. The van der Waals surface area contributed by atoms with Gasteiger partial charge in [0.25, 0.3) is 0 Å². The molecular formula is C25H18F4N3O+. The second-order valence-corrected chi connectivity index (χ2v) is 8.34. The number of hydrogen-bond acceptors (Lipinski definition) is 3. The SMILES string of the molecule is N#Cc1ccc([N+]2=NC3=C4C=CC(O)=CC4CC[C@@H]3[C@@H]2c2ccc(F)cc2)cc1C(F)(F)F. The van der Waals surface area contributed by atoms with Crippen molar-refractivity contribution in [3.63, 3.8) is 0 Å². The van der Waals surface area contributed by atoms with Crippen molar-refractivity contribution >= 4 is 5.69 Å². The van der Waals surface area contributed by atoms with E-state index in [-0.39, 0.29) is 23.3 Å². The summed E-state index contributed by atoms with van der Waals surface area (Å²) < 4.78 is 56.0. The molecule has 1 heterocycles. The molecule has 0 saturated heterocycles. The standard InChI is InChI=1S/C25H17F4N3O/c26-17-5-1-14(2-6-17)24-21-9-4-15-11-19(33)8-10-20(15)23(21)31-32(24)18-7-3-16(13-30)22(12-18)25(27,28)29/h1-3,5-8,10-12,15,21,24H,4,9H2/p+1/t15?,21-,24-/m0/s1. The largest absolute Gasteiger partial charge is 0.508 e. The summed E-state index contributed by atoms with van der Waals surface area (Å²) in [4.78, 5) is 0. The summed E-state index contributed by atoms with van der Waals surface area (Å²) in [7, 11) is 0. The smallest absolute Gasteiger partial charge is 0.417 e. The zero-order chi connectivity index (χ0) is 23.3. The van der Waals surface area contributed by atoms with Crippen LogP contribution in [0.15, 0.2) is 82.8 Å². The fourth-order valence-corrected chi connectivity index (χ4v) is 4.92. The Morgan fingerprint density at radius 3 is 2.52 bits per heavy atom. The number of halogens is 4. The molecule has 1 N–H and O–H groups in total. The van der Waals surface area contributed by atoms with Gasteiger partial charge in [-0.2, -0.15) is 18.4 Å². The molecule has 5 rings (SSSR count). The van der Waals surface area contributed by atoms with E-state index in [1.54, 1.807) is 41.1 Å². The van der Waals surface area contributed by atoms with Crippen LogP contribution < -0.4 is 0 Å². The zero-order valence-corrected chi connectivity index (χ0v) is 17.2. The Balaban J connectivity index is 1.70. The van der Waals surface area contributed by atoms with Crippen LogP contribution in [0.4, 0.5) is 23.2 Å². The molecule has 0 aromatic heterocycles. The van der Waals surface area contributed by atoms with Gasteiger partial charge in [0.15, 0.2) is 0 Å². The molecule has 2 aromatic rings. The van der Waals surface area contributed by atoms with Crippen LogP contribution in [0.25, 0.3) is 0 Å². The maximum Gasteiger partial charge on any atom is 0.417 e. The number of benzene rings is 2. The molecule has 3 aliphatic rings. The van der Waals surface area contributed by atoms with E-state index in [1.165, 1.54) is 18.2 Å². The maximum atomic E-state index is 13.6. The average molecular weight is 452 g/mol. The van der Waals surface area contributed by atoms with E-state index < -0.39 is 29.2 Å². The molecule has 0 bridgehead atoms. The van der Waals surface area contributed by atoms with Crippen molar-refractivity contribution in [3.8, 4) is 6.07 Å². The highest BCUT2D eigenvalue weighted by Crippen LogP contribution is 2.51. The van der Waals surface area contributed by atoms with Crippen LogP contribution >= 0.6 is 0 Å². The number of rotatable bonds is 2. The monoisotopic (exact) mass is 452 g/mol. The fourth-order valence-electron chi connectivity index (χ4n) is 4.92. The quantitative estimate of drug-likeness (QED) is 0.400. The van der Waals surface area contributed by atoms with E-state index in [1.807, 2.05) is 0 Å². The molecule has 2 aliphatic carbocycles. The molecule has 1 unspecified atom stereocenters. The van der Waals surface area contributed by atoms with Crippen LogP contribution in [-0.2, 0) is 6.18 Å². The predicted octanol–water partition coefficient (Wildman–Crippen LogP) is 6.86. The number of allylic oxidation sites excluding steroid dienone is 4. The predicted molar refractivity (Wildman–Crippen MR) is 111 cm³/mol. The molecule has 2 aromatic carbocycles. The normalized spacial score (nSPS) is 24.0. The van der Waals surface area contributed by atoms with Crippen LogP contribution in [0.3, 0.4) is 0 Å². The van der Waals surface area contributed by atoms with Crippen molar-refractivity contribution in [2.75, 3.05) is 0 Å². The van der Waals surface area contributed by atoms with Gasteiger partial charge in [0.2, 0.25) is 11.7 Å². The topological polar surface area (TPSA) is 59.4 Å². The highest BCUT2D eigenvalue weighted by atomic mass is 19.4. The van der Waals surface area contributed by atoms with Crippen LogP contribution in [0, 0.1) is 29.0 Å². The molecule has 4 nitrogen and oxygen atoms in total. The highest BCUT2D eigenvalue weighted by Gasteiger charge is 2.49. The van der Waals surface area contributed by atoms with Crippen LogP contribution in [0.1, 0.15) is 35.6 Å². The van der Waals surface area contributed by atoms with E-state index in [4.69, 9.17) is 10.4 Å². The van der Waals surface area contributed by atoms with E-state index >= 15 is 0 Å². The van der Waals surface area contributed by atoms with Gasteiger partial charge in [-0.15, -0.1) is 0 Å². The minimum absolute atomic E-state index is 0.0227. The molecule has 33 heavy (non-hydrogen) atoms. The number of azo groups is 2. The third-order valence-corrected chi connectivity index (χ3v) is 6.41. The molecule has 0 fully saturated rings. The molecule has 0 spiro atoms. The van der Waals surface area contributed by atoms with Gasteiger partial charge in [0.1, 0.15) is 17.3 Å². The first-order valence-electron chi connectivity index (χ1n) is 10.5. The summed E-state index contributed by atoms with van der Waals surface area (Å²) in [5.74, 6) is -0.374. The Morgan fingerprint density at radius 2 is 1.82 bits per heavy atom. The number of fused-ring (bicyclic) bond motifs is 2. The zero-order valence-electron chi connectivity index (χ0n) is 17.2. The van der Waals surface area contributed by atoms with Gasteiger partial charge in [0, 0.05) is 23.6 Å². The second kappa shape index (κ2) is 7.69. The van der Waals surface area contributed by atoms with E-state index in [0.717, 1.165) is 35.4 Å². The lowest BCUT2D eigenvalue weighted by Crippen LogP contribution is -2.23. The second-order valence-electron chi connectivity index (χ2n) is 8.34. The highest BCUT2D eigenvalue weighted by molar-refractivity contribution is 5.48. The number of nitriles is 1. The summed E-state index contributed by atoms with van der Waals surface area (Å²) in [6.45, 7) is 0. The first-order chi connectivity index (χ1) is 15.8. The van der Waals surface area contributed by atoms with Gasteiger partial charge in [-0.1, -0.05) is 10.8 Å². The van der Waals surface area contributed by atoms with E-state index in [2.05, 4.69) is 0 Å². The minimum atomic E-state index is -4.69. The van der Waals surface area contributed by atoms with Gasteiger partial charge in [-0.25, -0.2) is 4.39 Å². The molecule has 166 valence electrons. The fraction of sp³-hybridized carbons (Fsp3) is 0.240. The van der Waals surface area contributed by atoms with E-state index in [0.29, 0.717) is 6.42 Å². The van der Waals surface area contributed by atoms with Crippen molar-refractivity contribution in [2.45, 2.75) is 25.1 Å². The molecular weight excluding hydrogens is 434 g/mol. The van der Waals surface area contributed by atoms with Gasteiger partial charge in [0.05, 0.1) is 23.1 Å². The molecule has 0 radical (unpaired) electrons. The summed E-state index contributed by atoms with van der Waals surface area (Å²) in [5, 5.41) is 23.8. The van der Waals surface area contributed by atoms with Crippen molar-refractivity contribution < 1.29 is 27.4 Å². The molecule has 1 aliphatic heterocycles. The summed E-state index contributed by atoms with van der Waals surface area (Å²) >= 11 is 0. The Labute approximate surface area is 187 Å². The molecule has 3 atom stereocenters. The third-order valence-electron chi connectivity index (χ3n) is 6.41. The molecule has 8 heteroatoms. The Hall–Kier alpha value is -3.73. The minimum Gasteiger partial charge on any atom is -0.508 e. The molecule has 0 amide bonds. The Bertz CT molecular complexity index is 1300. The van der Waals surface area contributed by atoms with Crippen LogP contribution in [0.5, 0.6) is 0 Å². The number of hydrogen-bond donors (Lipinski definition) is 1. The van der Waals surface area contributed by atoms with E-state index in [9.17, 15) is 22.7 Å². The van der Waals surface area contributed by atoms with Crippen LogP contribution in [0.2, 0.25) is 0 Å². The first-order valence-corrected chi connectivity index (χ1v) is 10.5. The molecule has 0 saturated carbocycles. The van der Waals surface area contributed by atoms with Crippen molar-refractivity contribution in [1.82, 2.24) is 0 Å². The lowest BCUT2D eigenvalue weighted by Gasteiger charge is -2.27. The van der Waals surface area contributed by atoms with Crippen molar-refractivity contribution in [2.24, 2.45) is 17.0 Å². The van der Waals surface area contributed by atoms with Gasteiger partial charge in [-0.05, 0) is 66.0 Å². The third kappa shape index (κ3) is 3.63. The first kappa shape index (κ1) is 21.1. The van der Waals surface area contributed by atoms with Gasteiger partial charge in [-0.3, -0.25) is 0 Å².